The zero-order valence-electron chi connectivity index (χ0n) is 10.4. The third kappa shape index (κ3) is 4.71. The van der Waals surface area contributed by atoms with Crippen LogP contribution >= 0.6 is 11.3 Å². The molecule has 1 heterocycles. The van der Waals surface area contributed by atoms with Crippen molar-refractivity contribution in [2.45, 2.75) is 26.1 Å². The summed E-state index contributed by atoms with van der Waals surface area (Å²) in [5.74, 6) is -2.82. The maximum absolute atomic E-state index is 12.6. The van der Waals surface area contributed by atoms with Gasteiger partial charge in [0.1, 0.15) is 5.92 Å². The minimum Gasteiger partial charge on any atom is -0.409 e. The molecule has 4 N–H and O–H groups in total. The van der Waals surface area contributed by atoms with Gasteiger partial charge >= 0.3 is 6.18 Å². The number of halogens is 3. The largest absolute Gasteiger partial charge is 0.409 e. The van der Waals surface area contributed by atoms with Crippen LogP contribution in [-0.2, 0) is 13.0 Å². The Morgan fingerprint density at radius 2 is 2.11 bits per heavy atom. The van der Waals surface area contributed by atoms with Crippen molar-refractivity contribution < 1.29 is 18.4 Å². The average Bonchev–Trinajstić information content (AvgIpc) is 2.80. The highest BCUT2D eigenvalue weighted by Crippen LogP contribution is 2.26. The van der Waals surface area contributed by atoms with E-state index in [2.05, 4.69) is 10.5 Å². The lowest BCUT2D eigenvalue weighted by molar-refractivity contribution is -0.154. The van der Waals surface area contributed by atoms with Crippen molar-refractivity contribution in [3.8, 4) is 0 Å². The lowest BCUT2D eigenvalue weighted by Crippen LogP contribution is -2.42. The van der Waals surface area contributed by atoms with Gasteiger partial charge in [0.05, 0.1) is 0 Å². The van der Waals surface area contributed by atoms with E-state index in [0.29, 0.717) is 6.54 Å². The van der Waals surface area contributed by atoms with E-state index in [-0.39, 0.29) is 0 Å². The summed E-state index contributed by atoms with van der Waals surface area (Å²) in [7, 11) is 0. The second-order valence-electron chi connectivity index (χ2n) is 3.97. The summed E-state index contributed by atoms with van der Waals surface area (Å²) in [6.45, 7) is 1.93. The van der Waals surface area contributed by atoms with Gasteiger partial charge in [0, 0.05) is 22.8 Å². The van der Waals surface area contributed by atoms with E-state index in [4.69, 9.17) is 10.9 Å². The van der Waals surface area contributed by atoms with Gasteiger partial charge in [-0.05, 0) is 18.6 Å². The normalized spacial score (nSPS) is 14.6. The van der Waals surface area contributed by atoms with Crippen LogP contribution in [-0.4, -0.2) is 23.8 Å². The van der Waals surface area contributed by atoms with E-state index in [9.17, 15) is 13.2 Å². The summed E-state index contributed by atoms with van der Waals surface area (Å²) < 4.78 is 37.9. The Bertz CT molecular complexity index is 431. The first-order valence-electron chi connectivity index (χ1n) is 5.71. The molecule has 0 bridgehead atoms. The van der Waals surface area contributed by atoms with Crippen LogP contribution in [0.2, 0.25) is 0 Å². The van der Waals surface area contributed by atoms with E-state index in [1.165, 1.54) is 4.88 Å². The summed E-state index contributed by atoms with van der Waals surface area (Å²) in [5, 5.41) is 13.5. The van der Waals surface area contributed by atoms with E-state index in [1.807, 2.05) is 19.1 Å². The number of alkyl halides is 3. The maximum Gasteiger partial charge on any atom is 0.400 e. The van der Waals surface area contributed by atoms with Crippen LogP contribution in [0.15, 0.2) is 17.3 Å². The highest BCUT2D eigenvalue weighted by molar-refractivity contribution is 7.11. The van der Waals surface area contributed by atoms with E-state index < -0.39 is 24.5 Å². The number of aryl methyl sites for hydroxylation is 1. The number of thiophene rings is 1. The molecule has 8 heteroatoms. The molecule has 1 rings (SSSR count). The van der Waals surface area contributed by atoms with Crippen molar-refractivity contribution in [3.63, 3.8) is 0 Å². The number of hydrogen-bond donors (Lipinski definition) is 3. The van der Waals surface area contributed by atoms with Crippen molar-refractivity contribution in [2.75, 3.05) is 6.54 Å². The zero-order valence-corrected chi connectivity index (χ0v) is 11.2. The van der Waals surface area contributed by atoms with E-state index >= 15 is 0 Å². The first kappa shape index (κ1) is 15.8. The molecule has 0 spiro atoms. The highest BCUT2D eigenvalue weighted by atomic mass is 32.1. The van der Waals surface area contributed by atoms with Crippen LogP contribution in [0.4, 0.5) is 13.2 Å². The monoisotopic (exact) mass is 295 g/mol. The summed E-state index contributed by atoms with van der Waals surface area (Å²) in [4.78, 5) is 2.14. The Hall–Kier alpha value is -1.28. The summed E-state index contributed by atoms with van der Waals surface area (Å²) in [5.41, 5.74) is 5.05. The molecule has 19 heavy (non-hydrogen) atoms. The van der Waals surface area contributed by atoms with Crippen molar-refractivity contribution in [1.82, 2.24) is 5.32 Å². The number of rotatable bonds is 6. The maximum atomic E-state index is 12.6. The van der Waals surface area contributed by atoms with Crippen LogP contribution in [0.1, 0.15) is 16.7 Å². The Morgan fingerprint density at radius 1 is 1.47 bits per heavy atom. The number of oxime groups is 1. The smallest absolute Gasteiger partial charge is 0.400 e. The molecule has 4 nitrogen and oxygen atoms in total. The van der Waals surface area contributed by atoms with Crippen LogP contribution < -0.4 is 11.1 Å². The van der Waals surface area contributed by atoms with Crippen molar-refractivity contribution >= 4 is 17.2 Å². The van der Waals surface area contributed by atoms with Gasteiger partial charge in [-0.2, -0.15) is 13.2 Å². The molecule has 0 amide bonds. The molecule has 0 aromatic carbocycles. The molecule has 0 radical (unpaired) electrons. The second kappa shape index (κ2) is 6.76. The van der Waals surface area contributed by atoms with Gasteiger partial charge in [-0.3, -0.25) is 0 Å². The number of nitrogens with one attached hydrogen (secondary N) is 1. The molecule has 1 aromatic heterocycles. The molecule has 0 saturated heterocycles. The van der Waals surface area contributed by atoms with Crippen LogP contribution in [0.3, 0.4) is 0 Å². The van der Waals surface area contributed by atoms with Gasteiger partial charge in [-0.25, -0.2) is 0 Å². The number of nitrogens with zero attached hydrogens (tertiary/aromatic N) is 1. The predicted octanol–water partition coefficient (Wildman–Crippen LogP) is 2.33. The van der Waals surface area contributed by atoms with Crippen LogP contribution in [0.25, 0.3) is 0 Å². The molecule has 0 fully saturated rings. The van der Waals surface area contributed by atoms with Crippen molar-refractivity contribution in [2.24, 2.45) is 16.8 Å². The third-order valence-electron chi connectivity index (χ3n) is 2.58. The highest BCUT2D eigenvalue weighted by Gasteiger charge is 2.42. The van der Waals surface area contributed by atoms with E-state index in [1.54, 1.807) is 11.3 Å². The topological polar surface area (TPSA) is 70.6 Å². The standard InChI is InChI=1S/C11H16F3N3OS/c1-2-7-3-4-8(19-7)5-16-6-9(10(15)17-18)11(12,13)14/h3-4,9,16,18H,2,5-6H2,1H3,(H2,15,17). The zero-order chi connectivity index (χ0) is 14.5. The fourth-order valence-corrected chi connectivity index (χ4v) is 2.43. The summed E-state index contributed by atoms with van der Waals surface area (Å²) >= 11 is 1.55. The van der Waals surface area contributed by atoms with Gasteiger partial charge in [-0.1, -0.05) is 12.1 Å². The van der Waals surface area contributed by atoms with Gasteiger partial charge in [0.25, 0.3) is 0 Å². The first-order chi connectivity index (χ1) is 8.88. The fourth-order valence-electron chi connectivity index (χ4n) is 1.50. The second-order valence-corrected chi connectivity index (χ2v) is 5.22. The molecule has 1 unspecified atom stereocenters. The molecule has 1 aromatic rings. The van der Waals surface area contributed by atoms with Gasteiger partial charge in [0.15, 0.2) is 5.84 Å². The lowest BCUT2D eigenvalue weighted by Gasteiger charge is -2.19. The number of hydrogen-bond acceptors (Lipinski definition) is 4. The molecular formula is C11H16F3N3OS. The van der Waals surface area contributed by atoms with Crippen molar-refractivity contribution in [1.29, 1.82) is 0 Å². The molecule has 0 aliphatic rings. The van der Waals surface area contributed by atoms with E-state index in [0.717, 1.165) is 11.3 Å². The minimum absolute atomic E-state index is 0.329. The molecule has 0 aliphatic carbocycles. The number of amidine groups is 1. The SMILES string of the molecule is CCc1ccc(CNCC(/C(N)=N/O)C(F)(F)F)s1. The quantitative estimate of drug-likeness (QED) is 0.326. The van der Waals surface area contributed by atoms with Gasteiger partial charge in [-0.15, -0.1) is 11.3 Å². The van der Waals surface area contributed by atoms with Crippen LogP contribution in [0.5, 0.6) is 0 Å². The molecule has 1 atom stereocenters. The van der Waals surface area contributed by atoms with Gasteiger partial charge in [0.2, 0.25) is 0 Å². The summed E-state index contributed by atoms with van der Waals surface area (Å²) in [6.07, 6.45) is -3.63. The average molecular weight is 295 g/mol. The predicted molar refractivity (Wildman–Crippen MR) is 68.4 cm³/mol. The third-order valence-corrected chi connectivity index (χ3v) is 3.81. The lowest BCUT2D eigenvalue weighted by atomic mass is 10.1. The van der Waals surface area contributed by atoms with Crippen LogP contribution in [0, 0.1) is 5.92 Å². The summed E-state index contributed by atoms with van der Waals surface area (Å²) in [6, 6.07) is 3.83. The van der Waals surface area contributed by atoms with Crippen molar-refractivity contribution in [3.05, 3.63) is 21.9 Å². The number of nitrogens with two attached hydrogens (primary N) is 1. The Morgan fingerprint density at radius 3 is 2.58 bits per heavy atom. The molecular weight excluding hydrogens is 279 g/mol. The Labute approximate surface area is 113 Å². The first-order valence-corrected chi connectivity index (χ1v) is 6.52. The Kier molecular flexibility index (Phi) is 5.61. The fraction of sp³-hybridized carbons (Fsp3) is 0.545. The Balaban J connectivity index is 2.53. The molecule has 108 valence electrons. The van der Waals surface area contributed by atoms with Gasteiger partial charge < -0.3 is 16.3 Å². The minimum atomic E-state index is -4.53. The molecule has 0 saturated carbocycles. The molecule has 0 aliphatic heterocycles.